The summed E-state index contributed by atoms with van der Waals surface area (Å²) in [6.45, 7) is 6.46. The summed E-state index contributed by atoms with van der Waals surface area (Å²) in [7, 11) is 0. The highest BCUT2D eigenvalue weighted by Gasteiger charge is 2.33. The number of hydrogen-bond acceptors (Lipinski definition) is 7. The molecule has 1 heterocycles. The van der Waals surface area contributed by atoms with Crippen LogP contribution in [0.5, 0.6) is 0 Å². The molecule has 0 amide bonds. The van der Waals surface area contributed by atoms with E-state index in [2.05, 4.69) is 25.9 Å². The smallest absolute Gasteiger partial charge is 0.307 e. The Bertz CT molecular complexity index is 772. The topological polar surface area (TPSA) is 139 Å². The highest BCUT2D eigenvalue weighted by Crippen LogP contribution is 2.31. The Labute approximate surface area is 175 Å². The van der Waals surface area contributed by atoms with Gasteiger partial charge >= 0.3 is 5.97 Å². The minimum atomic E-state index is -0.924. The lowest BCUT2D eigenvalue weighted by Crippen LogP contribution is -2.26. The number of rotatable bonds is 14. The van der Waals surface area contributed by atoms with Gasteiger partial charge < -0.3 is 20.9 Å². The van der Waals surface area contributed by atoms with Gasteiger partial charge in [0.1, 0.15) is 5.82 Å². The highest BCUT2D eigenvalue weighted by atomic mass is 19.1. The van der Waals surface area contributed by atoms with E-state index < -0.39 is 17.8 Å². The number of halogens is 1. The molecular weight excluding hydrogens is 391 g/mol. The highest BCUT2D eigenvalue weighted by molar-refractivity contribution is 5.71. The summed E-state index contributed by atoms with van der Waals surface area (Å²) in [6.07, 6.45) is 0.755. The second kappa shape index (κ2) is 12.3. The maximum atomic E-state index is 14.6. The van der Waals surface area contributed by atoms with Crippen molar-refractivity contribution in [1.29, 1.82) is 0 Å². The Morgan fingerprint density at radius 2 is 2.17 bits per heavy atom. The molecule has 0 saturated heterocycles. The van der Waals surface area contributed by atoms with E-state index in [1.165, 1.54) is 6.07 Å². The minimum absolute atomic E-state index is 0.162. The molecule has 1 aromatic carbocycles. The average molecular weight is 423 g/mol. The molecule has 5 N–H and O–H groups in total. The molecule has 9 nitrogen and oxygen atoms in total. The van der Waals surface area contributed by atoms with Gasteiger partial charge in [0.25, 0.3) is 0 Å². The van der Waals surface area contributed by atoms with Crippen molar-refractivity contribution in [3.63, 3.8) is 0 Å². The van der Waals surface area contributed by atoms with Crippen molar-refractivity contribution in [2.45, 2.75) is 39.2 Å². The van der Waals surface area contributed by atoms with Gasteiger partial charge in [0.05, 0.1) is 19.1 Å². The van der Waals surface area contributed by atoms with Crippen molar-refractivity contribution in [3.8, 4) is 0 Å². The number of H-pyrrole nitrogens is 1. The number of nitrogens with two attached hydrogens (primary N) is 1. The maximum Gasteiger partial charge on any atom is 0.307 e. The summed E-state index contributed by atoms with van der Waals surface area (Å²) in [5.41, 5.74) is 6.52. The van der Waals surface area contributed by atoms with Crippen LogP contribution in [0.25, 0.3) is 0 Å². The van der Waals surface area contributed by atoms with Crippen LogP contribution in [0.4, 0.5) is 4.39 Å². The molecule has 10 heteroatoms. The molecule has 1 aromatic heterocycles. The molecule has 2 rings (SSSR count). The van der Waals surface area contributed by atoms with E-state index in [9.17, 15) is 14.3 Å². The van der Waals surface area contributed by atoms with E-state index in [4.69, 9.17) is 10.5 Å². The van der Waals surface area contributed by atoms with E-state index in [-0.39, 0.29) is 18.3 Å². The van der Waals surface area contributed by atoms with Crippen LogP contribution in [0.15, 0.2) is 18.2 Å². The molecule has 2 aromatic rings. The van der Waals surface area contributed by atoms with Gasteiger partial charge in [-0.25, -0.2) is 4.39 Å². The van der Waals surface area contributed by atoms with Crippen LogP contribution in [-0.4, -0.2) is 57.9 Å². The second-order valence-electron chi connectivity index (χ2n) is 7.67. The lowest BCUT2D eigenvalue weighted by atomic mass is 9.81. The first-order valence-corrected chi connectivity index (χ1v) is 10.1. The number of nitrogens with one attached hydrogen (secondary N) is 2. The van der Waals surface area contributed by atoms with Crippen molar-refractivity contribution in [2.75, 3.05) is 26.2 Å². The number of nitrogens with zero attached hydrogens (tertiary/aromatic N) is 3. The fraction of sp³-hybridized carbons (Fsp3) is 0.600. The molecule has 166 valence electrons. The summed E-state index contributed by atoms with van der Waals surface area (Å²) >= 11 is 0. The Hall–Kier alpha value is -2.43. The lowest BCUT2D eigenvalue weighted by molar-refractivity contribution is -0.143. The summed E-state index contributed by atoms with van der Waals surface area (Å²) in [6, 6.07) is 4.88. The molecular formula is C20H31FN6O3. The third-order valence-corrected chi connectivity index (χ3v) is 4.80. The zero-order chi connectivity index (χ0) is 21.9. The molecule has 0 bridgehead atoms. The second-order valence-corrected chi connectivity index (χ2v) is 7.67. The Kier molecular flexibility index (Phi) is 9.78. The van der Waals surface area contributed by atoms with Gasteiger partial charge in [-0.15, -0.1) is 10.2 Å². The predicted molar refractivity (Wildman–Crippen MR) is 109 cm³/mol. The van der Waals surface area contributed by atoms with Gasteiger partial charge in [0.2, 0.25) is 0 Å². The van der Waals surface area contributed by atoms with Gasteiger partial charge in [-0.3, -0.25) is 4.79 Å². The number of ether oxygens (including phenoxy) is 1. The third-order valence-electron chi connectivity index (χ3n) is 4.80. The molecule has 0 aliphatic rings. The fourth-order valence-electron chi connectivity index (χ4n) is 3.33. The molecule has 2 atom stereocenters. The zero-order valence-electron chi connectivity index (χ0n) is 17.5. The van der Waals surface area contributed by atoms with Crippen molar-refractivity contribution in [3.05, 3.63) is 41.0 Å². The number of benzene rings is 1. The average Bonchev–Trinajstić information content (AvgIpc) is 3.23. The molecule has 0 radical (unpaired) electrons. The molecule has 0 aliphatic heterocycles. The van der Waals surface area contributed by atoms with E-state index in [1.54, 1.807) is 12.1 Å². The number of aromatic nitrogens is 4. The molecule has 0 saturated carbocycles. The van der Waals surface area contributed by atoms with Crippen molar-refractivity contribution in [2.24, 2.45) is 17.6 Å². The van der Waals surface area contributed by atoms with E-state index in [0.717, 1.165) is 0 Å². The van der Waals surface area contributed by atoms with E-state index in [1.807, 2.05) is 13.8 Å². The first-order chi connectivity index (χ1) is 14.4. The van der Waals surface area contributed by atoms with E-state index >= 15 is 0 Å². The minimum Gasteiger partial charge on any atom is -0.481 e. The number of aromatic amines is 1. The first kappa shape index (κ1) is 23.8. The SMILES string of the molecule is CC(C)C[C@H](C(=O)O)[C@H](Cc1ccc(COCCNCCN)c(F)c1)c1nn[nH]n1. The van der Waals surface area contributed by atoms with E-state index in [0.29, 0.717) is 56.0 Å². The standard InChI is InChI=1S/C20H31FN6O3/c1-13(2)9-17(20(28)29)16(19-24-26-27-25-19)10-14-3-4-15(18(21)11-14)12-30-8-7-23-6-5-22/h3-4,11,13,16-17,23H,5-10,12,22H2,1-2H3,(H,28,29)(H,24,25,26,27)/t16-,17-/m0/s1. The first-order valence-electron chi connectivity index (χ1n) is 10.1. The molecule has 0 aliphatic carbocycles. The number of hydrogen-bond donors (Lipinski definition) is 4. The van der Waals surface area contributed by atoms with Crippen molar-refractivity contribution in [1.82, 2.24) is 25.9 Å². The molecule has 0 fully saturated rings. The maximum absolute atomic E-state index is 14.6. The lowest BCUT2D eigenvalue weighted by Gasteiger charge is -2.23. The number of carboxylic acids is 1. The van der Waals surface area contributed by atoms with Crippen LogP contribution in [-0.2, 0) is 22.6 Å². The summed E-state index contributed by atoms with van der Waals surface area (Å²) in [4.78, 5) is 11.9. The molecule has 0 spiro atoms. The Morgan fingerprint density at radius 3 is 2.77 bits per heavy atom. The van der Waals surface area contributed by atoms with Gasteiger partial charge in [-0.2, -0.15) is 5.21 Å². The van der Waals surface area contributed by atoms with Gasteiger partial charge in [-0.05, 0) is 30.4 Å². The molecule has 0 unspecified atom stereocenters. The number of carbonyl (C=O) groups is 1. The summed E-state index contributed by atoms with van der Waals surface area (Å²) in [5.74, 6) is -2.03. The molecule has 30 heavy (non-hydrogen) atoms. The Morgan fingerprint density at radius 1 is 1.37 bits per heavy atom. The van der Waals surface area contributed by atoms with Crippen LogP contribution in [0, 0.1) is 17.7 Å². The monoisotopic (exact) mass is 422 g/mol. The predicted octanol–water partition coefficient (Wildman–Crippen LogP) is 1.48. The van der Waals surface area contributed by atoms with Crippen LogP contribution in [0.1, 0.15) is 43.1 Å². The van der Waals surface area contributed by atoms with Crippen LogP contribution < -0.4 is 11.1 Å². The number of aliphatic carboxylic acids is 1. The fourth-order valence-corrected chi connectivity index (χ4v) is 3.33. The van der Waals surface area contributed by atoms with Crippen LogP contribution >= 0.6 is 0 Å². The van der Waals surface area contributed by atoms with Gasteiger partial charge in [0, 0.05) is 31.1 Å². The summed E-state index contributed by atoms with van der Waals surface area (Å²) in [5, 5.41) is 26.8. The van der Waals surface area contributed by atoms with Crippen molar-refractivity contribution < 1.29 is 19.0 Å². The third kappa shape index (κ3) is 7.43. The van der Waals surface area contributed by atoms with Gasteiger partial charge in [0.15, 0.2) is 5.82 Å². The number of tetrazole rings is 1. The van der Waals surface area contributed by atoms with Gasteiger partial charge in [-0.1, -0.05) is 31.2 Å². The Balaban J connectivity index is 2.07. The summed E-state index contributed by atoms with van der Waals surface area (Å²) < 4.78 is 20.1. The normalized spacial score (nSPS) is 13.5. The van der Waals surface area contributed by atoms with Crippen molar-refractivity contribution >= 4 is 5.97 Å². The quantitative estimate of drug-likeness (QED) is 0.336. The van der Waals surface area contributed by atoms with Crippen LogP contribution in [0.2, 0.25) is 0 Å². The largest absolute Gasteiger partial charge is 0.481 e. The van der Waals surface area contributed by atoms with Crippen LogP contribution in [0.3, 0.4) is 0 Å². The number of carboxylic acid groups (broad SMARTS) is 1. The zero-order valence-corrected chi connectivity index (χ0v) is 17.5.